The molecular formula is C23H23N7O2. The van der Waals surface area contributed by atoms with Gasteiger partial charge in [-0.05, 0) is 18.6 Å². The maximum absolute atomic E-state index is 12.0. The molecule has 9 heteroatoms. The fourth-order valence-electron chi connectivity index (χ4n) is 3.83. The summed E-state index contributed by atoms with van der Waals surface area (Å²) in [6.07, 6.45) is 1.70. The number of ether oxygens (including phenoxy) is 1. The molecule has 9 nitrogen and oxygen atoms in total. The van der Waals surface area contributed by atoms with Gasteiger partial charge in [-0.3, -0.25) is 9.20 Å². The van der Waals surface area contributed by atoms with Gasteiger partial charge in [0.15, 0.2) is 11.5 Å². The third-order valence-electron chi connectivity index (χ3n) is 5.36. The molecular weight excluding hydrogens is 406 g/mol. The summed E-state index contributed by atoms with van der Waals surface area (Å²) >= 11 is 0. The van der Waals surface area contributed by atoms with Crippen molar-refractivity contribution in [1.82, 2.24) is 34.5 Å². The van der Waals surface area contributed by atoms with Crippen molar-refractivity contribution in [3.63, 3.8) is 0 Å². The number of para-hydroxylation sites is 1. The Kier molecular flexibility index (Phi) is 5.47. The van der Waals surface area contributed by atoms with Crippen molar-refractivity contribution in [3.8, 4) is 11.4 Å². The molecule has 162 valence electrons. The van der Waals surface area contributed by atoms with E-state index in [1.165, 1.54) is 0 Å². The van der Waals surface area contributed by atoms with Crippen LogP contribution < -0.4 is 5.32 Å². The van der Waals surface area contributed by atoms with Crippen LogP contribution in [0.3, 0.4) is 0 Å². The first-order valence-electron chi connectivity index (χ1n) is 10.6. The Hall–Kier alpha value is -3.85. The lowest BCUT2D eigenvalue weighted by molar-refractivity contribution is -0.121. The molecule has 0 saturated heterocycles. The topological polar surface area (TPSA) is 98.7 Å². The van der Waals surface area contributed by atoms with Gasteiger partial charge in [-0.2, -0.15) is 4.52 Å². The zero-order chi connectivity index (χ0) is 21.9. The number of hydrogen-bond donors (Lipinski definition) is 1. The third kappa shape index (κ3) is 3.67. The summed E-state index contributed by atoms with van der Waals surface area (Å²) in [7, 11) is 1.61. The van der Waals surface area contributed by atoms with Gasteiger partial charge < -0.3 is 10.1 Å². The molecule has 0 atom stereocenters. The Morgan fingerprint density at radius 3 is 2.72 bits per heavy atom. The number of aryl methyl sites for hydroxylation is 1. The molecule has 0 radical (unpaired) electrons. The first kappa shape index (κ1) is 20.1. The van der Waals surface area contributed by atoms with E-state index in [-0.39, 0.29) is 5.91 Å². The Morgan fingerprint density at radius 1 is 1.06 bits per heavy atom. The lowest BCUT2D eigenvalue weighted by Crippen LogP contribution is -2.26. The first-order chi connectivity index (χ1) is 15.8. The highest BCUT2D eigenvalue weighted by Gasteiger charge is 2.18. The van der Waals surface area contributed by atoms with Crippen LogP contribution in [0.5, 0.6) is 0 Å². The van der Waals surface area contributed by atoms with Gasteiger partial charge in [-0.25, -0.2) is 4.98 Å². The number of amides is 1. The minimum absolute atomic E-state index is 0.00639. The van der Waals surface area contributed by atoms with E-state index in [0.717, 1.165) is 27.9 Å². The molecule has 3 aromatic heterocycles. The summed E-state index contributed by atoms with van der Waals surface area (Å²) in [6.45, 7) is 1.02. The van der Waals surface area contributed by atoms with Gasteiger partial charge >= 0.3 is 0 Å². The number of carbonyl (C=O) groups is 1. The number of rotatable bonds is 8. The molecule has 1 N–H and O–H groups in total. The molecule has 0 aliphatic carbocycles. The molecule has 3 heterocycles. The first-order valence-corrected chi connectivity index (χ1v) is 10.6. The van der Waals surface area contributed by atoms with Gasteiger partial charge in [0.25, 0.3) is 5.78 Å². The Morgan fingerprint density at radius 2 is 1.88 bits per heavy atom. The van der Waals surface area contributed by atoms with Gasteiger partial charge in [0.05, 0.1) is 12.1 Å². The molecule has 5 rings (SSSR count). The summed E-state index contributed by atoms with van der Waals surface area (Å²) < 4.78 is 8.72. The zero-order valence-electron chi connectivity index (χ0n) is 17.7. The second-order valence-electron chi connectivity index (χ2n) is 7.50. The minimum Gasteiger partial charge on any atom is -0.383 e. The monoisotopic (exact) mass is 429 g/mol. The molecule has 0 spiro atoms. The number of aromatic nitrogens is 6. The fourth-order valence-corrected chi connectivity index (χ4v) is 3.83. The Labute approximate surface area is 184 Å². The normalized spacial score (nSPS) is 11.5. The van der Waals surface area contributed by atoms with E-state index in [9.17, 15) is 4.79 Å². The molecule has 0 unspecified atom stereocenters. The van der Waals surface area contributed by atoms with Crippen LogP contribution in [-0.4, -0.2) is 55.4 Å². The number of fused-ring (bicyclic) bond motifs is 6. The van der Waals surface area contributed by atoms with Crippen molar-refractivity contribution < 1.29 is 9.53 Å². The van der Waals surface area contributed by atoms with Crippen LogP contribution >= 0.6 is 0 Å². The van der Waals surface area contributed by atoms with Crippen molar-refractivity contribution in [2.45, 2.75) is 19.3 Å². The number of benzene rings is 2. The smallest absolute Gasteiger partial charge is 0.258 e. The molecule has 0 bridgehead atoms. The van der Waals surface area contributed by atoms with E-state index < -0.39 is 0 Å². The predicted molar refractivity (Wildman–Crippen MR) is 120 cm³/mol. The number of nitrogens with one attached hydrogen (secondary N) is 1. The largest absolute Gasteiger partial charge is 0.383 e. The SMILES string of the molecule is COCCNC(=O)CCCc1nnc2n3nc(-c4ccccc4)nc3c3ccccc3n12. The second kappa shape index (κ2) is 8.72. The molecule has 0 fully saturated rings. The molecule has 1 amide bonds. The average Bonchev–Trinajstić information content (AvgIpc) is 3.45. The Balaban J connectivity index is 1.51. The standard InChI is InChI=1S/C23H23N7O2/c1-32-15-14-24-20(31)13-7-12-19-26-27-23-29(19)18-11-6-5-10-17(18)22-25-21(28-30(22)23)16-8-3-2-4-9-16/h2-6,8-11H,7,12-15H2,1H3,(H,24,31). The van der Waals surface area contributed by atoms with E-state index in [4.69, 9.17) is 14.8 Å². The summed E-state index contributed by atoms with van der Waals surface area (Å²) in [4.78, 5) is 16.8. The summed E-state index contributed by atoms with van der Waals surface area (Å²) in [5, 5.41) is 17.4. The number of methoxy groups -OCH3 is 1. The lowest BCUT2D eigenvalue weighted by Gasteiger charge is -2.07. The van der Waals surface area contributed by atoms with E-state index in [2.05, 4.69) is 15.5 Å². The highest BCUT2D eigenvalue weighted by Crippen LogP contribution is 2.25. The van der Waals surface area contributed by atoms with Crippen LogP contribution in [0.15, 0.2) is 54.6 Å². The highest BCUT2D eigenvalue weighted by molar-refractivity contribution is 5.94. The lowest BCUT2D eigenvalue weighted by atomic mass is 10.2. The van der Waals surface area contributed by atoms with Crippen molar-refractivity contribution >= 4 is 28.2 Å². The quantitative estimate of drug-likeness (QED) is 0.381. The molecule has 0 aliphatic heterocycles. The van der Waals surface area contributed by atoms with Crippen molar-refractivity contribution in [3.05, 3.63) is 60.4 Å². The maximum Gasteiger partial charge on any atom is 0.258 e. The highest BCUT2D eigenvalue weighted by atomic mass is 16.5. The van der Waals surface area contributed by atoms with Crippen LogP contribution in [0, 0.1) is 0 Å². The van der Waals surface area contributed by atoms with E-state index >= 15 is 0 Å². The van der Waals surface area contributed by atoms with Crippen LogP contribution in [0.4, 0.5) is 0 Å². The van der Waals surface area contributed by atoms with Gasteiger partial charge in [0.1, 0.15) is 5.82 Å². The van der Waals surface area contributed by atoms with E-state index in [0.29, 0.717) is 44.0 Å². The van der Waals surface area contributed by atoms with Crippen molar-refractivity contribution in [2.75, 3.05) is 20.3 Å². The van der Waals surface area contributed by atoms with E-state index in [1.54, 1.807) is 11.6 Å². The number of hydrogen-bond acceptors (Lipinski definition) is 6. The Bertz CT molecular complexity index is 1390. The number of carbonyl (C=O) groups excluding carboxylic acids is 1. The maximum atomic E-state index is 12.0. The molecule has 32 heavy (non-hydrogen) atoms. The molecule has 0 aliphatic rings. The minimum atomic E-state index is 0.00639. The average molecular weight is 429 g/mol. The molecule has 2 aromatic carbocycles. The predicted octanol–water partition coefficient (Wildman–Crippen LogP) is 2.68. The van der Waals surface area contributed by atoms with E-state index in [1.807, 2.05) is 59.0 Å². The fraction of sp³-hybridized carbons (Fsp3) is 0.261. The van der Waals surface area contributed by atoms with Crippen LogP contribution in [0.2, 0.25) is 0 Å². The summed E-state index contributed by atoms with van der Waals surface area (Å²) in [5.74, 6) is 2.04. The van der Waals surface area contributed by atoms with Crippen LogP contribution in [-0.2, 0) is 16.0 Å². The van der Waals surface area contributed by atoms with Crippen molar-refractivity contribution in [1.29, 1.82) is 0 Å². The van der Waals surface area contributed by atoms with Gasteiger partial charge in [-0.15, -0.1) is 15.3 Å². The number of nitrogens with zero attached hydrogens (tertiary/aromatic N) is 6. The van der Waals surface area contributed by atoms with Gasteiger partial charge in [-0.1, -0.05) is 42.5 Å². The van der Waals surface area contributed by atoms with Gasteiger partial charge in [0.2, 0.25) is 5.91 Å². The zero-order valence-corrected chi connectivity index (χ0v) is 17.7. The van der Waals surface area contributed by atoms with Gasteiger partial charge in [0, 0.05) is 37.4 Å². The second-order valence-corrected chi connectivity index (χ2v) is 7.50. The van der Waals surface area contributed by atoms with Crippen LogP contribution in [0.1, 0.15) is 18.7 Å². The van der Waals surface area contributed by atoms with Crippen LogP contribution in [0.25, 0.3) is 33.7 Å². The molecule has 5 aromatic rings. The van der Waals surface area contributed by atoms with Crippen molar-refractivity contribution in [2.24, 2.45) is 0 Å². The summed E-state index contributed by atoms with van der Waals surface area (Å²) in [5.41, 5.74) is 2.65. The molecule has 0 saturated carbocycles. The summed E-state index contributed by atoms with van der Waals surface area (Å²) in [6, 6.07) is 17.9. The third-order valence-corrected chi connectivity index (χ3v) is 5.36.